The molecule has 2 heterocycles. The highest BCUT2D eigenvalue weighted by Crippen LogP contribution is 2.17. The van der Waals surface area contributed by atoms with Crippen molar-refractivity contribution >= 4 is 35.3 Å². The van der Waals surface area contributed by atoms with Crippen molar-refractivity contribution in [1.29, 1.82) is 0 Å². The van der Waals surface area contributed by atoms with Gasteiger partial charge in [0, 0.05) is 31.1 Å². The van der Waals surface area contributed by atoms with Crippen molar-refractivity contribution in [2.24, 2.45) is 0 Å². The minimum Gasteiger partial charge on any atom is -0.354 e. The van der Waals surface area contributed by atoms with Gasteiger partial charge in [0.15, 0.2) is 0 Å². The standard InChI is InChI=1S/C9H14ClN5S/c1-2-11-8-12-7(10)13-9(14-8)15-3-5-16-6-4-15/h2-6H2,1H3,(H,11,12,13,14). The zero-order valence-electron chi connectivity index (χ0n) is 9.11. The lowest BCUT2D eigenvalue weighted by Gasteiger charge is -2.26. The van der Waals surface area contributed by atoms with E-state index in [1.807, 2.05) is 18.7 Å². The average Bonchev–Trinajstić information content (AvgIpc) is 2.30. The summed E-state index contributed by atoms with van der Waals surface area (Å²) < 4.78 is 0. The molecule has 1 aliphatic heterocycles. The lowest BCUT2D eigenvalue weighted by molar-refractivity contribution is 0.806. The van der Waals surface area contributed by atoms with Crippen LogP contribution in [0.2, 0.25) is 5.28 Å². The Morgan fingerprint density at radius 3 is 2.75 bits per heavy atom. The van der Waals surface area contributed by atoms with Crippen molar-refractivity contribution in [3.05, 3.63) is 5.28 Å². The van der Waals surface area contributed by atoms with Gasteiger partial charge in [-0.05, 0) is 18.5 Å². The number of nitrogens with one attached hydrogen (secondary N) is 1. The molecular weight excluding hydrogens is 246 g/mol. The van der Waals surface area contributed by atoms with Gasteiger partial charge in [-0.3, -0.25) is 0 Å². The average molecular weight is 260 g/mol. The van der Waals surface area contributed by atoms with Crippen LogP contribution < -0.4 is 10.2 Å². The molecule has 0 aromatic carbocycles. The van der Waals surface area contributed by atoms with Crippen molar-refractivity contribution in [1.82, 2.24) is 15.0 Å². The molecular formula is C9H14ClN5S. The van der Waals surface area contributed by atoms with Crippen LogP contribution in [0.25, 0.3) is 0 Å². The fourth-order valence-electron chi connectivity index (χ4n) is 1.48. The summed E-state index contributed by atoms with van der Waals surface area (Å²) in [6, 6.07) is 0. The largest absolute Gasteiger partial charge is 0.354 e. The normalized spacial score (nSPS) is 16.2. The predicted molar refractivity (Wildman–Crippen MR) is 68.5 cm³/mol. The maximum absolute atomic E-state index is 5.87. The Hall–Kier alpha value is -0.750. The first-order valence-corrected chi connectivity index (χ1v) is 6.81. The number of halogens is 1. The van der Waals surface area contributed by atoms with Crippen LogP contribution in [0.5, 0.6) is 0 Å². The molecule has 1 saturated heterocycles. The van der Waals surface area contributed by atoms with Crippen LogP contribution in [0.1, 0.15) is 6.92 Å². The summed E-state index contributed by atoms with van der Waals surface area (Å²) in [5, 5.41) is 3.30. The Morgan fingerprint density at radius 1 is 1.31 bits per heavy atom. The van der Waals surface area contributed by atoms with E-state index >= 15 is 0 Å². The molecule has 16 heavy (non-hydrogen) atoms. The molecule has 0 atom stereocenters. The van der Waals surface area contributed by atoms with E-state index in [4.69, 9.17) is 11.6 Å². The third-order valence-corrected chi connectivity index (χ3v) is 3.34. The first-order valence-electron chi connectivity index (χ1n) is 5.27. The summed E-state index contributed by atoms with van der Waals surface area (Å²) in [6.45, 7) is 4.71. The number of hydrogen-bond acceptors (Lipinski definition) is 6. The zero-order chi connectivity index (χ0) is 11.4. The zero-order valence-corrected chi connectivity index (χ0v) is 10.7. The van der Waals surface area contributed by atoms with Gasteiger partial charge in [0.25, 0.3) is 0 Å². The third-order valence-electron chi connectivity index (χ3n) is 2.23. The summed E-state index contributed by atoms with van der Waals surface area (Å²) in [5.74, 6) is 3.45. The number of hydrogen-bond donors (Lipinski definition) is 1. The molecule has 7 heteroatoms. The molecule has 0 radical (unpaired) electrons. The van der Waals surface area contributed by atoms with Crippen molar-refractivity contribution in [2.45, 2.75) is 6.92 Å². The van der Waals surface area contributed by atoms with Gasteiger partial charge in [0.1, 0.15) is 0 Å². The molecule has 0 saturated carbocycles. The van der Waals surface area contributed by atoms with E-state index in [1.54, 1.807) is 0 Å². The van der Waals surface area contributed by atoms with Crippen LogP contribution in [0, 0.1) is 0 Å². The Morgan fingerprint density at radius 2 is 2.06 bits per heavy atom. The lowest BCUT2D eigenvalue weighted by Crippen LogP contribution is -2.34. The minimum atomic E-state index is 0.249. The first-order chi connectivity index (χ1) is 7.79. The van der Waals surface area contributed by atoms with E-state index in [0.717, 1.165) is 31.1 Å². The maximum atomic E-state index is 5.87. The fourth-order valence-corrected chi connectivity index (χ4v) is 2.54. The number of nitrogens with zero attached hydrogens (tertiary/aromatic N) is 4. The first kappa shape index (κ1) is 11.7. The third kappa shape index (κ3) is 2.89. The van der Waals surface area contributed by atoms with E-state index in [2.05, 4.69) is 25.2 Å². The van der Waals surface area contributed by atoms with E-state index in [-0.39, 0.29) is 5.28 Å². The van der Waals surface area contributed by atoms with E-state index in [0.29, 0.717) is 11.9 Å². The molecule has 1 aromatic rings. The molecule has 0 unspecified atom stereocenters. The molecule has 0 spiro atoms. The van der Waals surface area contributed by atoms with Gasteiger partial charge in [-0.2, -0.15) is 26.7 Å². The van der Waals surface area contributed by atoms with Crippen LogP contribution >= 0.6 is 23.4 Å². The predicted octanol–water partition coefficient (Wildman–Crippen LogP) is 1.51. The summed E-state index contributed by atoms with van der Waals surface area (Å²) in [6.07, 6.45) is 0. The summed E-state index contributed by atoms with van der Waals surface area (Å²) in [5.41, 5.74) is 0. The Kier molecular flexibility index (Phi) is 4.06. The van der Waals surface area contributed by atoms with Gasteiger partial charge in [0.2, 0.25) is 17.2 Å². The summed E-state index contributed by atoms with van der Waals surface area (Å²) in [7, 11) is 0. The number of rotatable bonds is 3. The van der Waals surface area contributed by atoms with Gasteiger partial charge in [-0.15, -0.1) is 0 Å². The topological polar surface area (TPSA) is 53.9 Å². The van der Waals surface area contributed by atoms with Crippen molar-refractivity contribution < 1.29 is 0 Å². The second-order valence-corrected chi connectivity index (χ2v) is 4.92. The highest BCUT2D eigenvalue weighted by Gasteiger charge is 2.15. The van der Waals surface area contributed by atoms with Gasteiger partial charge in [0.05, 0.1) is 0 Å². The molecule has 0 bridgehead atoms. The Bertz CT molecular complexity index is 356. The highest BCUT2D eigenvalue weighted by molar-refractivity contribution is 7.99. The van der Waals surface area contributed by atoms with Crippen molar-refractivity contribution in [2.75, 3.05) is 41.4 Å². The van der Waals surface area contributed by atoms with E-state index in [1.165, 1.54) is 0 Å². The minimum absolute atomic E-state index is 0.249. The smallest absolute Gasteiger partial charge is 0.231 e. The van der Waals surface area contributed by atoms with Crippen LogP contribution in [0.4, 0.5) is 11.9 Å². The molecule has 1 aliphatic rings. The Balaban J connectivity index is 2.18. The molecule has 2 rings (SSSR count). The lowest BCUT2D eigenvalue weighted by atomic mass is 10.5. The van der Waals surface area contributed by atoms with Crippen LogP contribution in [-0.2, 0) is 0 Å². The second-order valence-electron chi connectivity index (χ2n) is 3.36. The summed E-state index contributed by atoms with van der Waals surface area (Å²) >= 11 is 7.82. The van der Waals surface area contributed by atoms with Gasteiger partial charge >= 0.3 is 0 Å². The van der Waals surface area contributed by atoms with Gasteiger partial charge in [-0.25, -0.2) is 0 Å². The molecule has 5 nitrogen and oxygen atoms in total. The number of anilines is 2. The SMILES string of the molecule is CCNc1nc(Cl)nc(N2CCSCC2)n1. The van der Waals surface area contributed by atoms with E-state index < -0.39 is 0 Å². The molecule has 1 N–H and O–H groups in total. The van der Waals surface area contributed by atoms with E-state index in [9.17, 15) is 0 Å². The molecule has 0 amide bonds. The quantitative estimate of drug-likeness (QED) is 0.888. The van der Waals surface area contributed by atoms with Crippen LogP contribution in [-0.4, -0.2) is 46.1 Å². The van der Waals surface area contributed by atoms with Crippen LogP contribution in [0.3, 0.4) is 0 Å². The molecule has 1 fully saturated rings. The van der Waals surface area contributed by atoms with Crippen molar-refractivity contribution in [3.63, 3.8) is 0 Å². The number of aromatic nitrogens is 3. The fraction of sp³-hybridized carbons (Fsp3) is 0.667. The Labute approximate surface area is 104 Å². The number of thioether (sulfide) groups is 1. The second kappa shape index (κ2) is 5.54. The molecule has 0 aliphatic carbocycles. The molecule has 1 aromatic heterocycles. The summed E-state index contributed by atoms with van der Waals surface area (Å²) in [4.78, 5) is 14.7. The monoisotopic (exact) mass is 259 g/mol. The molecule has 88 valence electrons. The van der Waals surface area contributed by atoms with Crippen LogP contribution in [0.15, 0.2) is 0 Å². The van der Waals surface area contributed by atoms with Gasteiger partial charge in [-0.1, -0.05) is 0 Å². The van der Waals surface area contributed by atoms with Gasteiger partial charge < -0.3 is 10.2 Å². The highest BCUT2D eigenvalue weighted by atomic mass is 35.5. The van der Waals surface area contributed by atoms with Crippen molar-refractivity contribution in [3.8, 4) is 0 Å². The maximum Gasteiger partial charge on any atom is 0.231 e.